The molecule has 0 fully saturated rings. The van der Waals surface area contributed by atoms with Gasteiger partial charge in [0.05, 0.1) is 25.1 Å². The van der Waals surface area contributed by atoms with Gasteiger partial charge in [-0.25, -0.2) is 0 Å². The largest absolute Gasteiger partial charge is 0.497 e. The highest BCUT2D eigenvalue weighted by Crippen LogP contribution is 2.34. The summed E-state index contributed by atoms with van der Waals surface area (Å²) in [6.45, 7) is 1.13. The fraction of sp³-hybridized carbons (Fsp3) is 0.308. The normalized spacial score (nSPS) is 11.7. The van der Waals surface area contributed by atoms with Crippen LogP contribution in [0.2, 0.25) is 0 Å². The van der Waals surface area contributed by atoms with E-state index in [0.29, 0.717) is 5.75 Å². The summed E-state index contributed by atoms with van der Waals surface area (Å²) in [7, 11) is 2.70. The van der Waals surface area contributed by atoms with Crippen LogP contribution in [-0.2, 0) is 6.18 Å². The maximum absolute atomic E-state index is 12.9. The number of pyridine rings is 1. The first-order valence-electron chi connectivity index (χ1n) is 5.65. The Hall–Kier alpha value is -2.18. The summed E-state index contributed by atoms with van der Waals surface area (Å²) < 4.78 is 48.7. The van der Waals surface area contributed by atoms with Gasteiger partial charge in [-0.2, -0.15) is 13.2 Å². The first-order valence-corrected chi connectivity index (χ1v) is 5.65. The van der Waals surface area contributed by atoms with E-state index < -0.39 is 17.3 Å². The number of H-pyrrole nitrogens is 1. The van der Waals surface area contributed by atoms with Crippen LogP contribution >= 0.6 is 0 Å². The number of rotatable bonds is 2. The molecule has 0 aliphatic heterocycles. The van der Waals surface area contributed by atoms with Crippen LogP contribution < -0.4 is 14.9 Å². The lowest BCUT2D eigenvalue weighted by Gasteiger charge is -2.14. The van der Waals surface area contributed by atoms with Gasteiger partial charge in [0.15, 0.2) is 5.43 Å². The van der Waals surface area contributed by atoms with E-state index in [1.165, 1.54) is 26.4 Å². The lowest BCUT2D eigenvalue weighted by atomic mass is 10.1. The van der Waals surface area contributed by atoms with Gasteiger partial charge in [-0.05, 0) is 13.0 Å². The van der Waals surface area contributed by atoms with Crippen LogP contribution in [0.4, 0.5) is 13.2 Å². The van der Waals surface area contributed by atoms with E-state index in [-0.39, 0.29) is 22.2 Å². The molecule has 0 aliphatic carbocycles. The molecule has 0 saturated heterocycles. The van der Waals surface area contributed by atoms with Crippen molar-refractivity contribution >= 4 is 10.9 Å². The molecule has 0 unspecified atom stereocenters. The number of nitrogens with one attached hydrogen (secondary N) is 1. The molecule has 1 aromatic heterocycles. The summed E-state index contributed by atoms with van der Waals surface area (Å²) in [6, 6.07) is 2.79. The summed E-state index contributed by atoms with van der Waals surface area (Å²) in [4.78, 5) is 14.3. The third kappa shape index (κ3) is 2.19. The molecule has 0 saturated carbocycles. The molecule has 7 heteroatoms. The number of benzene rings is 1. The standard InChI is InChI=1S/C13H12F3NO3/c1-6-11(18)8-4-7(19-2)5-9(20-3)10(8)17-12(6)13(14,15)16/h4-5H,1-3H3,(H,17,18). The first kappa shape index (κ1) is 14.2. The van der Waals surface area contributed by atoms with Gasteiger partial charge in [-0.3, -0.25) is 4.79 Å². The highest BCUT2D eigenvalue weighted by atomic mass is 19.4. The molecular formula is C13H12F3NO3. The van der Waals surface area contributed by atoms with Crippen LogP contribution in [0, 0.1) is 6.92 Å². The number of fused-ring (bicyclic) bond motifs is 1. The van der Waals surface area contributed by atoms with E-state index in [4.69, 9.17) is 9.47 Å². The van der Waals surface area contributed by atoms with Gasteiger partial charge in [0.2, 0.25) is 0 Å². The Morgan fingerprint density at radius 2 is 1.80 bits per heavy atom. The SMILES string of the molecule is COc1cc(OC)c2[nH]c(C(F)(F)F)c(C)c(=O)c2c1. The van der Waals surface area contributed by atoms with Crippen molar-refractivity contribution in [1.82, 2.24) is 4.98 Å². The van der Waals surface area contributed by atoms with Crippen molar-refractivity contribution in [2.24, 2.45) is 0 Å². The predicted octanol–water partition coefficient (Wildman–Crippen LogP) is 2.87. The summed E-state index contributed by atoms with van der Waals surface area (Å²) in [5, 5.41) is 0.0895. The van der Waals surface area contributed by atoms with Gasteiger partial charge in [0, 0.05) is 11.6 Å². The number of ether oxygens (including phenoxy) is 2. The molecule has 4 nitrogen and oxygen atoms in total. The molecule has 1 heterocycles. The maximum atomic E-state index is 12.9. The van der Waals surface area contributed by atoms with Crippen LogP contribution in [0.5, 0.6) is 11.5 Å². The van der Waals surface area contributed by atoms with Crippen LogP contribution in [0.3, 0.4) is 0 Å². The van der Waals surface area contributed by atoms with E-state index in [2.05, 4.69) is 4.98 Å². The minimum Gasteiger partial charge on any atom is -0.497 e. The van der Waals surface area contributed by atoms with E-state index in [0.717, 1.165) is 6.92 Å². The third-order valence-electron chi connectivity index (χ3n) is 3.02. The lowest BCUT2D eigenvalue weighted by molar-refractivity contribution is -0.141. The third-order valence-corrected chi connectivity index (χ3v) is 3.02. The van der Waals surface area contributed by atoms with Crippen LogP contribution in [0.25, 0.3) is 10.9 Å². The van der Waals surface area contributed by atoms with E-state index in [1.54, 1.807) is 0 Å². The Balaban J connectivity index is 2.94. The van der Waals surface area contributed by atoms with Crippen LogP contribution in [-0.4, -0.2) is 19.2 Å². The number of hydrogen-bond donors (Lipinski definition) is 1. The molecule has 1 N–H and O–H groups in total. The number of methoxy groups -OCH3 is 2. The molecule has 1 aromatic carbocycles. The number of alkyl halides is 3. The van der Waals surface area contributed by atoms with Crippen molar-refractivity contribution in [2.75, 3.05) is 14.2 Å². The highest BCUT2D eigenvalue weighted by molar-refractivity contribution is 5.87. The maximum Gasteiger partial charge on any atom is 0.431 e. The van der Waals surface area contributed by atoms with Crippen molar-refractivity contribution in [2.45, 2.75) is 13.1 Å². The van der Waals surface area contributed by atoms with Gasteiger partial charge in [0.1, 0.15) is 17.2 Å². The first-order chi connectivity index (χ1) is 9.29. The average molecular weight is 287 g/mol. The molecule has 20 heavy (non-hydrogen) atoms. The van der Waals surface area contributed by atoms with E-state index >= 15 is 0 Å². The Morgan fingerprint density at radius 3 is 2.30 bits per heavy atom. The zero-order valence-electron chi connectivity index (χ0n) is 11.0. The number of halogens is 3. The molecule has 2 aromatic rings. The highest BCUT2D eigenvalue weighted by Gasteiger charge is 2.35. The quantitative estimate of drug-likeness (QED) is 0.924. The Morgan fingerprint density at radius 1 is 1.15 bits per heavy atom. The van der Waals surface area contributed by atoms with Crippen molar-refractivity contribution < 1.29 is 22.6 Å². The average Bonchev–Trinajstić information content (AvgIpc) is 2.40. The summed E-state index contributed by atoms with van der Waals surface area (Å²) in [6.07, 6.45) is -4.64. The van der Waals surface area contributed by atoms with Gasteiger partial charge >= 0.3 is 6.18 Å². The van der Waals surface area contributed by atoms with Crippen molar-refractivity contribution in [3.63, 3.8) is 0 Å². The van der Waals surface area contributed by atoms with Crippen LogP contribution in [0.1, 0.15) is 11.3 Å². The molecule has 0 atom stereocenters. The topological polar surface area (TPSA) is 51.3 Å². The van der Waals surface area contributed by atoms with Gasteiger partial charge < -0.3 is 14.5 Å². The molecule has 0 spiro atoms. The zero-order chi connectivity index (χ0) is 15.1. The number of aromatic nitrogens is 1. The summed E-state index contributed by atoms with van der Waals surface area (Å²) in [5.41, 5.74) is -2.17. The van der Waals surface area contributed by atoms with Crippen molar-refractivity contribution in [3.8, 4) is 11.5 Å². The molecular weight excluding hydrogens is 275 g/mol. The zero-order valence-corrected chi connectivity index (χ0v) is 11.0. The second kappa shape index (κ2) is 4.73. The van der Waals surface area contributed by atoms with Crippen molar-refractivity contribution in [3.05, 3.63) is 33.6 Å². The molecule has 0 aliphatic rings. The van der Waals surface area contributed by atoms with E-state index in [9.17, 15) is 18.0 Å². The Labute approximate surface area is 112 Å². The summed E-state index contributed by atoms with van der Waals surface area (Å²) in [5.74, 6) is 0.445. The van der Waals surface area contributed by atoms with Crippen LogP contribution in [0.15, 0.2) is 16.9 Å². The number of hydrogen-bond acceptors (Lipinski definition) is 3. The fourth-order valence-electron chi connectivity index (χ4n) is 1.99. The second-order valence-corrected chi connectivity index (χ2v) is 4.20. The molecule has 0 amide bonds. The Bertz CT molecular complexity index is 719. The fourth-order valence-corrected chi connectivity index (χ4v) is 1.99. The van der Waals surface area contributed by atoms with Gasteiger partial charge in [0.25, 0.3) is 0 Å². The molecule has 0 radical (unpaired) electrons. The minimum atomic E-state index is -4.64. The number of aromatic amines is 1. The van der Waals surface area contributed by atoms with Crippen molar-refractivity contribution in [1.29, 1.82) is 0 Å². The molecule has 108 valence electrons. The predicted molar refractivity (Wildman–Crippen MR) is 67.4 cm³/mol. The smallest absolute Gasteiger partial charge is 0.431 e. The minimum absolute atomic E-state index is 0.00350. The van der Waals surface area contributed by atoms with E-state index in [1.807, 2.05) is 0 Å². The molecule has 0 bridgehead atoms. The van der Waals surface area contributed by atoms with Gasteiger partial charge in [-0.15, -0.1) is 0 Å². The second-order valence-electron chi connectivity index (χ2n) is 4.20. The van der Waals surface area contributed by atoms with Gasteiger partial charge in [-0.1, -0.05) is 0 Å². The summed E-state index contributed by atoms with van der Waals surface area (Å²) >= 11 is 0. The Kier molecular flexibility index (Phi) is 3.37. The lowest BCUT2D eigenvalue weighted by Crippen LogP contribution is -2.19. The monoisotopic (exact) mass is 287 g/mol. The molecule has 2 rings (SSSR count).